The molecule has 3 saturated heterocycles. The second kappa shape index (κ2) is 7.77. The third kappa shape index (κ3) is 4.08. The van der Waals surface area contributed by atoms with E-state index in [2.05, 4.69) is 20.9 Å². The first kappa shape index (κ1) is 17.5. The molecule has 1 amide bonds. The van der Waals surface area contributed by atoms with E-state index < -0.39 is 0 Å². The van der Waals surface area contributed by atoms with E-state index in [9.17, 15) is 4.79 Å². The molecule has 5 rings (SSSR count). The average Bonchev–Trinajstić information content (AvgIpc) is 2.93. The van der Waals surface area contributed by atoms with Crippen LogP contribution in [-0.2, 0) is 17.8 Å². The SMILES string of the molecule is O=C(Cc1cccc(Cl)c1)N1C[C@@H]2CC[C@H]1CN(Cc1ccccn1)C2. The summed E-state index contributed by atoms with van der Waals surface area (Å²) >= 11 is 6.06. The molecule has 4 heterocycles. The fraction of sp³-hybridized carbons (Fsp3) is 0.429. The van der Waals surface area contributed by atoms with Gasteiger partial charge in [0.1, 0.15) is 0 Å². The number of amides is 1. The smallest absolute Gasteiger partial charge is 0.227 e. The van der Waals surface area contributed by atoms with Crippen LogP contribution >= 0.6 is 11.6 Å². The van der Waals surface area contributed by atoms with Crippen molar-refractivity contribution in [1.29, 1.82) is 0 Å². The first-order chi connectivity index (χ1) is 12.7. The van der Waals surface area contributed by atoms with Gasteiger partial charge in [-0.3, -0.25) is 14.7 Å². The minimum absolute atomic E-state index is 0.224. The Labute approximate surface area is 159 Å². The molecule has 2 bridgehead atoms. The molecule has 3 aliphatic rings. The molecule has 2 atom stereocenters. The summed E-state index contributed by atoms with van der Waals surface area (Å²) in [5.74, 6) is 0.780. The van der Waals surface area contributed by atoms with Crippen LogP contribution in [0.5, 0.6) is 0 Å². The Hall–Kier alpha value is -1.91. The molecule has 0 saturated carbocycles. The maximum atomic E-state index is 12.9. The second-order valence-electron chi connectivity index (χ2n) is 7.47. The predicted octanol–water partition coefficient (Wildman–Crippen LogP) is 3.40. The highest BCUT2D eigenvalue weighted by Crippen LogP contribution is 2.29. The predicted molar refractivity (Wildman–Crippen MR) is 103 cm³/mol. The van der Waals surface area contributed by atoms with Crippen LogP contribution in [0.1, 0.15) is 24.1 Å². The normalized spacial score (nSPS) is 23.0. The van der Waals surface area contributed by atoms with Crippen molar-refractivity contribution in [1.82, 2.24) is 14.8 Å². The van der Waals surface area contributed by atoms with Crippen molar-refractivity contribution in [2.24, 2.45) is 5.92 Å². The van der Waals surface area contributed by atoms with Crippen LogP contribution in [0.3, 0.4) is 0 Å². The number of hydrogen-bond acceptors (Lipinski definition) is 3. The highest BCUT2D eigenvalue weighted by Gasteiger charge is 2.36. The van der Waals surface area contributed by atoms with Crippen LogP contribution in [0.25, 0.3) is 0 Å². The third-order valence-electron chi connectivity index (χ3n) is 5.47. The number of piperidine rings is 1. The molecule has 26 heavy (non-hydrogen) atoms. The number of benzene rings is 1. The van der Waals surface area contributed by atoms with Crippen molar-refractivity contribution in [3.05, 3.63) is 64.9 Å². The van der Waals surface area contributed by atoms with Crippen molar-refractivity contribution < 1.29 is 4.79 Å². The Morgan fingerprint density at radius 2 is 2.04 bits per heavy atom. The van der Waals surface area contributed by atoms with Gasteiger partial charge in [0.05, 0.1) is 12.1 Å². The molecule has 2 aromatic rings. The molecule has 0 spiro atoms. The number of aromatic nitrogens is 1. The van der Waals surface area contributed by atoms with Gasteiger partial charge in [-0.15, -0.1) is 0 Å². The van der Waals surface area contributed by atoms with E-state index in [0.717, 1.165) is 43.9 Å². The summed E-state index contributed by atoms with van der Waals surface area (Å²) in [4.78, 5) is 22.0. The summed E-state index contributed by atoms with van der Waals surface area (Å²) < 4.78 is 0. The minimum Gasteiger partial charge on any atom is -0.338 e. The van der Waals surface area contributed by atoms with Crippen LogP contribution in [0.15, 0.2) is 48.7 Å². The fourth-order valence-electron chi connectivity index (χ4n) is 4.26. The lowest BCUT2D eigenvalue weighted by Crippen LogP contribution is -2.48. The number of carbonyl (C=O) groups is 1. The molecule has 4 nitrogen and oxygen atoms in total. The van der Waals surface area contributed by atoms with Crippen LogP contribution < -0.4 is 0 Å². The molecule has 0 unspecified atom stereocenters. The molecule has 0 N–H and O–H groups in total. The molecule has 0 radical (unpaired) electrons. The summed E-state index contributed by atoms with van der Waals surface area (Å²) in [6.45, 7) is 3.73. The maximum absolute atomic E-state index is 12.9. The van der Waals surface area contributed by atoms with Gasteiger partial charge in [-0.1, -0.05) is 29.8 Å². The molecular weight excluding hydrogens is 346 g/mol. The molecule has 3 fully saturated rings. The number of hydrogen-bond donors (Lipinski definition) is 0. The topological polar surface area (TPSA) is 36.4 Å². The zero-order chi connectivity index (χ0) is 17.9. The van der Waals surface area contributed by atoms with Crippen molar-refractivity contribution in [2.45, 2.75) is 31.8 Å². The number of carbonyl (C=O) groups excluding carboxylic acids is 1. The molecule has 1 aromatic carbocycles. The standard InChI is InChI=1S/C21H24ClN3O/c22-18-5-3-4-16(10-18)11-21(26)25-13-17-7-8-20(25)15-24(12-17)14-19-6-1-2-9-23-19/h1-6,9-10,17,20H,7-8,11-15H2/t17-,20+/m1/s1. The number of pyridine rings is 1. The van der Waals surface area contributed by atoms with Gasteiger partial charge >= 0.3 is 0 Å². The van der Waals surface area contributed by atoms with Gasteiger partial charge in [-0.25, -0.2) is 0 Å². The summed E-state index contributed by atoms with van der Waals surface area (Å²) in [6, 6.07) is 14.0. The molecule has 5 heteroatoms. The Morgan fingerprint density at radius 1 is 1.12 bits per heavy atom. The van der Waals surface area contributed by atoms with Gasteiger partial charge in [0.25, 0.3) is 0 Å². The summed E-state index contributed by atoms with van der Waals surface area (Å²) in [7, 11) is 0. The van der Waals surface area contributed by atoms with Gasteiger partial charge in [0, 0.05) is 43.4 Å². The van der Waals surface area contributed by atoms with Crippen molar-refractivity contribution in [3.63, 3.8) is 0 Å². The first-order valence-electron chi connectivity index (χ1n) is 9.33. The van der Waals surface area contributed by atoms with Crippen molar-refractivity contribution >= 4 is 17.5 Å². The summed E-state index contributed by atoms with van der Waals surface area (Å²) in [5.41, 5.74) is 2.10. The van der Waals surface area contributed by atoms with E-state index in [1.165, 1.54) is 6.42 Å². The quantitative estimate of drug-likeness (QED) is 0.828. The third-order valence-corrected chi connectivity index (χ3v) is 5.70. The van der Waals surface area contributed by atoms with E-state index in [-0.39, 0.29) is 5.91 Å². The van der Waals surface area contributed by atoms with E-state index in [1.807, 2.05) is 42.6 Å². The summed E-state index contributed by atoms with van der Waals surface area (Å²) in [6.07, 6.45) is 4.60. The minimum atomic E-state index is 0.224. The lowest BCUT2D eigenvalue weighted by Gasteiger charge is -2.36. The maximum Gasteiger partial charge on any atom is 0.227 e. The molecule has 136 valence electrons. The second-order valence-corrected chi connectivity index (χ2v) is 7.90. The van der Waals surface area contributed by atoms with E-state index >= 15 is 0 Å². The fourth-order valence-corrected chi connectivity index (χ4v) is 4.47. The van der Waals surface area contributed by atoms with Crippen molar-refractivity contribution in [2.75, 3.05) is 19.6 Å². The Bertz CT molecular complexity index is 767. The van der Waals surface area contributed by atoms with E-state index in [4.69, 9.17) is 11.6 Å². The van der Waals surface area contributed by atoms with Crippen LogP contribution in [0.4, 0.5) is 0 Å². The van der Waals surface area contributed by atoms with Crippen LogP contribution in [0.2, 0.25) is 5.02 Å². The highest BCUT2D eigenvalue weighted by molar-refractivity contribution is 6.30. The van der Waals surface area contributed by atoms with Gasteiger partial charge in [0.15, 0.2) is 0 Å². The number of halogens is 1. The molecular formula is C21H24ClN3O. The average molecular weight is 370 g/mol. The Balaban J connectivity index is 1.43. The number of fused-ring (bicyclic) bond motifs is 4. The van der Waals surface area contributed by atoms with Crippen molar-refractivity contribution in [3.8, 4) is 0 Å². The van der Waals surface area contributed by atoms with Crippen LogP contribution in [-0.4, -0.2) is 46.4 Å². The number of rotatable bonds is 4. The molecule has 0 aliphatic carbocycles. The summed E-state index contributed by atoms with van der Waals surface area (Å²) in [5, 5.41) is 0.689. The van der Waals surface area contributed by atoms with Gasteiger partial charge in [-0.05, 0) is 48.6 Å². The van der Waals surface area contributed by atoms with E-state index in [0.29, 0.717) is 23.4 Å². The Kier molecular flexibility index (Phi) is 5.23. The molecule has 1 aromatic heterocycles. The van der Waals surface area contributed by atoms with Gasteiger partial charge < -0.3 is 4.90 Å². The first-order valence-corrected chi connectivity index (χ1v) is 9.71. The van der Waals surface area contributed by atoms with Gasteiger partial charge in [-0.2, -0.15) is 0 Å². The zero-order valence-electron chi connectivity index (χ0n) is 14.9. The monoisotopic (exact) mass is 369 g/mol. The van der Waals surface area contributed by atoms with Gasteiger partial charge in [0.2, 0.25) is 5.91 Å². The largest absolute Gasteiger partial charge is 0.338 e. The van der Waals surface area contributed by atoms with E-state index in [1.54, 1.807) is 0 Å². The number of nitrogens with zero attached hydrogens (tertiary/aromatic N) is 3. The zero-order valence-corrected chi connectivity index (χ0v) is 15.6. The lowest BCUT2D eigenvalue weighted by molar-refractivity contribution is -0.134. The highest BCUT2D eigenvalue weighted by atomic mass is 35.5. The lowest BCUT2D eigenvalue weighted by atomic mass is 9.94. The van der Waals surface area contributed by atoms with Crippen LogP contribution in [0, 0.1) is 5.92 Å². The molecule has 3 aliphatic heterocycles. The Morgan fingerprint density at radius 3 is 2.85 bits per heavy atom.